The van der Waals surface area contributed by atoms with Crippen molar-refractivity contribution in [2.45, 2.75) is 26.5 Å². The lowest BCUT2D eigenvalue weighted by Crippen LogP contribution is -2.26. The summed E-state index contributed by atoms with van der Waals surface area (Å²) in [5.41, 5.74) is 3.82. The summed E-state index contributed by atoms with van der Waals surface area (Å²) in [5.74, 6) is 0. The van der Waals surface area contributed by atoms with E-state index >= 15 is 0 Å². The zero-order valence-corrected chi connectivity index (χ0v) is 12.3. The summed E-state index contributed by atoms with van der Waals surface area (Å²) in [5, 5.41) is 3.42. The maximum Gasteiger partial charge on any atom is 0.0671 e. The summed E-state index contributed by atoms with van der Waals surface area (Å²) >= 11 is 0. The monoisotopic (exact) mass is 269 g/mol. The number of rotatable bonds is 7. The van der Waals surface area contributed by atoms with Gasteiger partial charge in [-0.2, -0.15) is 0 Å². The first kappa shape index (κ1) is 14.8. The largest absolute Gasteiger partial charge is 0.377 e. The molecule has 1 atom stereocenters. The van der Waals surface area contributed by atoms with E-state index in [4.69, 9.17) is 4.74 Å². The highest BCUT2D eigenvalue weighted by atomic mass is 16.5. The molecular formula is C18H23NO. The summed E-state index contributed by atoms with van der Waals surface area (Å²) in [6.45, 7) is 6.66. The summed E-state index contributed by atoms with van der Waals surface area (Å²) in [6.07, 6.45) is 0.267. The zero-order chi connectivity index (χ0) is 14.2. The van der Waals surface area contributed by atoms with Crippen LogP contribution in [0.2, 0.25) is 0 Å². The molecule has 106 valence electrons. The molecule has 20 heavy (non-hydrogen) atoms. The average Bonchev–Trinajstić information content (AvgIpc) is 2.49. The van der Waals surface area contributed by atoms with Crippen molar-refractivity contribution < 1.29 is 4.74 Å². The average molecular weight is 269 g/mol. The summed E-state index contributed by atoms with van der Waals surface area (Å²) in [6, 6.07) is 19.2. The SMILES string of the molecule is CCOC(C)CNCc1ccc(-c2ccccc2)cc1. The molecule has 0 aromatic heterocycles. The van der Waals surface area contributed by atoms with Crippen LogP contribution < -0.4 is 5.32 Å². The minimum absolute atomic E-state index is 0.267. The number of nitrogens with one attached hydrogen (secondary N) is 1. The molecule has 2 heteroatoms. The van der Waals surface area contributed by atoms with Crippen molar-refractivity contribution in [3.63, 3.8) is 0 Å². The third kappa shape index (κ3) is 4.48. The fourth-order valence-corrected chi connectivity index (χ4v) is 2.21. The second-order valence-electron chi connectivity index (χ2n) is 4.96. The zero-order valence-electron chi connectivity index (χ0n) is 12.3. The van der Waals surface area contributed by atoms with E-state index in [1.807, 2.05) is 13.0 Å². The van der Waals surface area contributed by atoms with Crippen molar-refractivity contribution in [2.24, 2.45) is 0 Å². The van der Waals surface area contributed by atoms with Gasteiger partial charge in [-0.25, -0.2) is 0 Å². The fraction of sp³-hybridized carbons (Fsp3) is 0.333. The van der Waals surface area contributed by atoms with Gasteiger partial charge >= 0.3 is 0 Å². The van der Waals surface area contributed by atoms with E-state index in [1.54, 1.807) is 0 Å². The molecule has 0 aliphatic carbocycles. The van der Waals surface area contributed by atoms with E-state index < -0.39 is 0 Å². The van der Waals surface area contributed by atoms with Gasteiger partial charge in [-0.3, -0.25) is 0 Å². The van der Waals surface area contributed by atoms with E-state index in [-0.39, 0.29) is 6.10 Å². The van der Waals surface area contributed by atoms with Gasteiger partial charge in [0.15, 0.2) is 0 Å². The molecule has 0 aliphatic heterocycles. The van der Waals surface area contributed by atoms with Crippen LogP contribution in [0.25, 0.3) is 11.1 Å². The molecule has 0 heterocycles. The third-order valence-corrected chi connectivity index (χ3v) is 3.27. The number of hydrogen-bond acceptors (Lipinski definition) is 2. The van der Waals surface area contributed by atoms with E-state index in [0.717, 1.165) is 19.7 Å². The van der Waals surface area contributed by atoms with Gasteiger partial charge in [0.25, 0.3) is 0 Å². The highest BCUT2D eigenvalue weighted by Crippen LogP contribution is 2.19. The lowest BCUT2D eigenvalue weighted by molar-refractivity contribution is 0.0759. The summed E-state index contributed by atoms with van der Waals surface area (Å²) in [4.78, 5) is 0. The van der Waals surface area contributed by atoms with Gasteiger partial charge in [-0.05, 0) is 30.5 Å². The Morgan fingerprint density at radius 1 is 0.950 bits per heavy atom. The van der Waals surface area contributed by atoms with Crippen molar-refractivity contribution in [3.05, 3.63) is 60.2 Å². The van der Waals surface area contributed by atoms with Crippen molar-refractivity contribution in [3.8, 4) is 11.1 Å². The van der Waals surface area contributed by atoms with Gasteiger partial charge in [0.05, 0.1) is 6.10 Å². The van der Waals surface area contributed by atoms with Gasteiger partial charge in [0.1, 0.15) is 0 Å². The molecule has 0 saturated carbocycles. The minimum atomic E-state index is 0.267. The second kappa shape index (κ2) is 7.83. The number of ether oxygens (including phenoxy) is 1. The molecular weight excluding hydrogens is 246 g/mol. The second-order valence-corrected chi connectivity index (χ2v) is 4.96. The molecule has 2 nitrogen and oxygen atoms in total. The van der Waals surface area contributed by atoms with Crippen LogP contribution in [0.15, 0.2) is 54.6 Å². The molecule has 0 saturated heterocycles. The fourth-order valence-electron chi connectivity index (χ4n) is 2.21. The van der Waals surface area contributed by atoms with Crippen LogP contribution in [0.3, 0.4) is 0 Å². The Hall–Kier alpha value is -1.64. The van der Waals surface area contributed by atoms with E-state index in [1.165, 1.54) is 16.7 Å². The van der Waals surface area contributed by atoms with Crippen LogP contribution in [0, 0.1) is 0 Å². The molecule has 0 aliphatic rings. The highest BCUT2D eigenvalue weighted by molar-refractivity contribution is 5.63. The molecule has 0 radical (unpaired) electrons. The highest BCUT2D eigenvalue weighted by Gasteiger charge is 2.01. The van der Waals surface area contributed by atoms with Gasteiger partial charge in [0, 0.05) is 19.7 Å². The first-order chi connectivity index (χ1) is 9.79. The molecule has 0 bridgehead atoms. The molecule has 2 aromatic rings. The maximum absolute atomic E-state index is 5.49. The Morgan fingerprint density at radius 3 is 2.25 bits per heavy atom. The topological polar surface area (TPSA) is 21.3 Å². The Morgan fingerprint density at radius 2 is 1.60 bits per heavy atom. The van der Waals surface area contributed by atoms with E-state index in [2.05, 4.69) is 60.8 Å². The predicted octanol–water partition coefficient (Wildman–Crippen LogP) is 3.87. The van der Waals surface area contributed by atoms with Gasteiger partial charge in [-0.1, -0.05) is 54.6 Å². The van der Waals surface area contributed by atoms with Crippen molar-refractivity contribution >= 4 is 0 Å². The first-order valence-electron chi connectivity index (χ1n) is 7.26. The number of benzene rings is 2. The van der Waals surface area contributed by atoms with Crippen molar-refractivity contribution in [1.82, 2.24) is 5.32 Å². The standard InChI is InChI=1S/C18H23NO/c1-3-20-15(2)13-19-14-16-9-11-18(12-10-16)17-7-5-4-6-8-17/h4-12,15,19H,3,13-14H2,1-2H3. The van der Waals surface area contributed by atoms with Gasteiger partial charge in [0.2, 0.25) is 0 Å². The smallest absolute Gasteiger partial charge is 0.0671 e. The molecule has 1 N–H and O–H groups in total. The molecule has 2 rings (SSSR count). The molecule has 0 amide bonds. The van der Waals surface area contributed by atoms with Gasteiger partial charge in [-0.15, -0.1) is 0 Å². The quantitative estimate of drug-likeness (QED) is 0.824. The van der Waals surface area contributed by atoms with Crippen LogP contribution in [-0.4, -0.2) is 19.3 Å². The summed E-state index contributed by atoms with van der Waals surface area (Å²) in [7, 11) is 0. The Kier molecular flexibility index (Phi) is 5.78. The van der Waals surface area contributed by atoms with E-state index in [9.17, 15) is 0 Å². The van der Waals surface area contributed by atoms with Crippen molar-refractivity contribution in [1.29, 1.82) is 0 Å². The lowest BCUT2D eigenvalue weighted by Gasteiger charge is -2.12. The molecule has 1 unspecified atom stereocenters. The number of hydrogen-bond donors (Lipinski definition) is 1. The third-order valence-electron chi connectivity index (χ3n) is 3.27. The Labute approximate surface area is 121 Å². The van der Waals surface area contributed by atoms with Crippen LogP contribution in [0.5, 0.6) is 0 Å². The van der Waals surface area contributed by atoms with Crippen molar-refractivity contribution in [2.75, 3.05) is 13.2 Å². The van der Waals surface area contributed by atoms with Crippen LogP contribution in [-0.2, 0) is 11.3 Å². The predicted molar refractivity (Wildman–Crippen MR) is 84.7 cm³/mol. The molecule has 2 aromatic carbocycles. The van der Waals surface area contributed by atoms with Crippen LogP contribution >= 0.6 is 0 Å². The van der Waals surface area contributed by atoms with Crippen LogP contribution in [0.4, 0.5) is 0 Å². The summed E-state index contributed by atoms with van der Waals surface area (Å²) < 4.78 is 5.49. The maximum atomic E-state index is 5.49. The van der Waals surface area contributed by atoms with Gasteiger partial charge < -0.3 is 10.1 Å². The Balaban J connectivity index is 1.86. The molecule has 0 spiro atoms. The Bertz CT molecular complexity index is 493. The normalized spacial score (nSPS) is 12.3. The first-order valence-corrected chi connectivity index (χ1v) is 7.26. The van der Waals surface area contributed by atoms with E-state index in [0.29, 0.717) is 0 Å². The van der Waals surface area contributed by atoms with Crippen LogP contribution in [0.1, 0.15) is 19.4 Å². The lowest BCUT2D eigenvalue weighted by atomic mass is 10.0. The minimum Gasteiger partial charge on any atom is -0.377 e. The molecule has 0 fully saturated rings.